The number of likely N-dealkylation sites (tertiary alicyclic amines) is 1. The third-order valence-corrected chi connectivity index (χ3v) is 5.66. The molecule has 0 aliphatic carbocycles. The molecule has 0 saturated carbocycles. The summed E-state index contributed by atoms with van der Waals surface area (Å²) in [5.41, 5.74) is 1.78. The lowest BCUT2D eigenvalue weighted by Gasteiger charge is -2.34. The molecule has 3 rings (SSSR count). The Labute approximate surface area is 187 Å². The molecule has 1 saturated heterocycles. The van der Waals surface area contributed by atoms with Crippen LogP contribution in [0, 0.1) is 0 Å². The minimum atomic E-state index is -0.488. The number of halogens is 1. The first-order valence-electron chi connectivity index (χ1n) is 10.5. The Balaban J connectivity index is 1.61. The lowest BCUT2D eigenvalue weighted by molar-refractivity contribution is 0.0470. The Bertz CT molecular complexity index is 836. The van der Waals surface area contributed by atoms with Crippen LogP contribution >= 0.6 is 15.9 Å². The van der Waals surface area contributed by atoms with Gasteiger partial charge in [-0.2, -0.15) is 0 Å². The third-order valence-electron chi connectivity index (χ3n) is 4.92. The fourth-order valence-electron chi connectivity index (χ4n) is 3.58. The zero-order chi connectivity index (χ0) is 21.6. The quantitative estimate of drug-likeness (QED) is 0.598. The first kappa shape index (κ1) is 22.6. The molecule has 1 amide bonds. The van der Waals surface area contributed by atoms with Gasteiger partial charge in [0.05, 0.1) is 0 Å². The summed E-state index contributed by atoms with van der Waals surface area (Å²) in [5, 5.41) is 3.02. The minimum Gasteiger partial charge on any atom is -0.489 e. The Morgan fingerprint density at radius 1 is 1.17 bits per heavy atom. The van der Waals surface area contributed by atoms with E-state index in [0.717, 1.165) is 53.8 Å². The molecule has 0 radical (unpaired) electrons. The van der Waals surface area contributed by atoms with Gasteiger partial charge in [-0.25, -0.2) is 4.79 Å². The summed E-state index contributed by atoms with van der Waals surface area (Å²) in [5.74, 6) is 0.885. The fourth-order valence-corrected chi connectivity index (χ4v) is 4.05. The van der Waals surface area contributed by atoms with Gasteiger partial charge in [0.25, 0.3) is 0 Å². The maximum atomic E-state index is 12.1. The van der Waals surface area contributed by atoms with Gasteiger partial charge < -0.3 is 14.8 Å². The molecule has 1 aliphatic heterocycles. The predicted molar refractivity (Wildman–Crippen MR) is 123 cm³/mol. The summed E-state index contributed by atoms with van der Waals surface area (Å²) in [6.45, 7) is 8.72. The van der Waals surface area contributed by atoms with E-state index in [0.29, 0.717) is 6.61 Å². The number of ether oxygens (including phenoxy) is 2. The van der Waals surface area contributed by atoms with Gasteiger partial charge in [-0.3, -0.25) is 4.90 Å². The average Bonchev–Trinajstić information content (AvgIpc) is 2.68. The Hall–Kier alpha value is -2.05. The van der Waals surface area contributed by atoms with E-state index in [-0.39, 0.29) is 12.1 Å². The van der Waals surface area contributed by atoms with Crippen molar-refractivity contribution in [1.29, 1.82) is 0 Å². The number of benzene rings is 2. The van der Waals surface area contributed by atoms with Gasteiger partial charge in [0.2, 0.25) is 0 Å². The van der Waals surface area contributed by atoms with Crippen LogP contribution in [-0.4, -0.2) is 35.7 Å². The fraction of sp³-hybridized carbons (Fsp3) is 0.458. The number of nitrogens with one attached hydrogen (secondary N) is 1. The number of alkyl carbamates (subject to hydrolysis) is 1. The van der Waals surface area contributed by atoms with Crippen LogP contribution in [0.5, 0.6) is 5.75 Å². The second-order valence-corrected chi connectivity index (χ2v) is 9.57. The SMILES string of the molecule is CC(C)(C)OC(=O)N[C@H]1CCCN(Cc2c(Br)cccc2OCc2ccccc2)C1. The van der Waals surface area contributed by atoms with Crippen molar-refractivity contribution < 1.29 is 14.3 Å². The third kappa shape index (κ3) is 7.03. The van der Waals surface area contributed by atoms with Crippen molar-refractivity contribution in [3.05, 3.63) is 64.1 Å². The topological polar surface area (TPSA) is 50.8 Å². The molecule has 0 aromatic heterocycles. The number of nitrogens with zero attached hydrogens (tertiary/aromatic N) is 1. The van der Waals surface area contributed by atoms with E-state index in [1.165, 1.54) is 0 Å². The predicted octanol–water partition coefficient (Wildman–Crippen LogP) is 5.52. The van der Waals surface area contributed by atoms with E-state index in [2.05, 4.69) is 38.3 Å². The minimum absolute atomic E-state index is 0.0878. The molecule has 0 bridgehead atoms. The maximum Gasteiger partial charge on any atom is 0.407 e. The molecule has 0 spiro atoms. The molecule has 2 aromatic carbocycles. The summed E-state index contributed by atoms with van der Waals surface area (Å²) >= 11 is 3.69. The molecule has 2 aromatic rings. The molecule has 1 fully saturated rings. The van der Waals surface area contributed by atoms with Crippen LogP contribution in [0.25, 0.3) is 0 Å². The Kier molecular flexibility index (Phi) is 7.78. The molecule has 1 heterocycles. The number of carbonyl (C=O) groups excluding carboxylic acids is 1. The van der Waals surface area contributed by atoms with Crippen LogP contribution in [-0.2, 0) is 17.9 Å². The molecule has 6 heteroatoms. The zero-order valence-electron chi connectivity index (χ0n) is 18.0. The van der Waals surface area contributed by atoms with Crippen molar-refractivity contribution >= 4 is 22.0 Å². The highest BCUT2D eigenvalue weighted by molar-refractivity contribution is 9.10. The zero-order valence-corrected chi connectivity index (χ0v) is 19.6. The lowest BCUT2D eigenvalue weighted by Crippen LogP contribution is -2.48. The Morgan fingerprint density at radius 2 is 1.93 bits per heavy atom. The van der Waals surface area contributed by atoms with Crippen molar-refractivity contribution in [2.24, 2.45) is 0 Å². The van der Waals surface area contributed by atoms with E-state index >= 15 is 0 Å². The molecule has 0 unspecified atom stereocenters. The second kappa shape index (κ2) is 10.3. The molecule has 1 atom stereocenters. The average molecular weight is 475 g/mol. The first-order valence-corrected chi connectivity index (χ1v) is 11.3. The lowest BCUT2D eigenvalue weighted by atomic mass is 10.0. The monoisotopic (exact) mass is 474 g/mol. The van der Waals surface area contributed by atoms with Gasteiger partial charge in [-0.05, 0) is 57.9 Å². The molecule has 30 heavy (non-hydrogen) atoms. The van der Waals surface area contributed by atoms with E-state index < -0.39 is 5.60 Å². The van der Waals surface area contributed by atoms with Gasteiger partial charge in [-0.1, -0.05) is 52.3 Å². The van der Waals surface area contributed by atoms with Crippen LogP contribution in [0.4, 0.5) is 4.79 Å². The van der Waals surface area contributed by atoms with E-state index in [9.17, 15) is 4.79 Å². The summed E-state index contributed by atoms with van der Waals surface area (Å²) < 4.78 is 12.6. The van der Waals surface area contributed by atoms with Gasteiger partial charge in [-0.15, -0.1) is 0 Å². The summed E-state index contributed by atoms with van der Waals surface area (Å²) in [6, 6.07) is 16.3. The van der Waals surface area contributed by atoms with Gasteiger partial charge >= 0.3 is 6.09 Å². The van der Waals surface area contributed by atoms with Crippen LogP contribution in [0.2, 0.25) is 0 Å². The van der Waals surface area contributed by atoms with Crippen molar-refractivity contribution in [3.63, 3.8) is 0 Å². The van der Waals surface area contributed by atoms with Crippen molar-refractivity contribution in [1.82, 2.24) is 10.2 Å². The van der Waals surface area contributed by atoms with Crippen LogP contribution in [0.3, 0.4) is 0 Å². The molecular formula is C24H31BrN2O3. The van der Waals surface area contributed by atoms with Gasteiger partial charge in [0, 0.05) is 29.2 Å². The van der Waals surface area contributed by atoms with Crippen molar-refractivity contribution in [2.45, 2.75) is 58.4 Å². The van der Waals surface area contributed by atoms with Crippen molar-refractivity contribution in [2.75, 3.05) is 13.1 Å². The number of rotatable bonds is 6. The van der Waals surface area contributed by atoms with E-state index in [1.54, 1.807) is 0 Å². The molecular weight excluding hydrogens is 444 g/mol. The second-order valence-electron chi connectivity index (χ2n) is 8.71. The van der Waals surface area contributed by atoms with E-state index in [4.69, 9.17) is 9.47 Å². The summed E-state index contributed by atoms with van der Waals surface area (Å²) in [4.78, 5) is 14.5. The number of amides is 1. The highest BCUT2D eigenvalue weighted by Gasteiger charge is 2.25. The highest BCUT2D eigenvalue weighted by atomic mass is 79.9. The molecule has 5 nitrogen and oxygen atoms in total. The summed E-state index contributed by atoms with van der Waals surface area (Å²) in [7, 11) is 0. The van der Waals surface area contributed by atoms with Gasteiger partial charge in [0.1, 0.15) is 18.0 Å². The number of carbonyl (C=O) groups is 1. The maximum absolute atomic E-state index is 12.1. The van der Waals surface area contributed by atoms with E-state index in [1.807, 2.05) is 57.2 Å². The smallest absolute Gasteiger partial charge is 0.407 e. The Morgan fingerprint density at radius 3 is 2.67 bits per heavy atom. The molecule has 1 aliphatic rings. The number of piperidine rings is 1. The first-order chi connectivity index (χ1) is 14.3. The molecule has 162 valence electrons. The highest BCUT2D eigenvalue weighted by Crippen LogP contribution is 2.30. The largest absolute Gasteiger partial charge is 0.489 e. The standard InChI is InChI=1S/C24H31BrN2O3/c1-24(2,3)30-23(28)26-19-11-8-14-27(15-19)16-20-21(25)12-7-13-22(20)29-17-18-9-5-4-6-10-18/h4-7,9-10,12-13,19H,8,11,14-17H2,1-3H3,(H,26,28)/t19-/m0/s1. The normalized spacial score (nSPS) is 17.4. The summed E-state index contributed by atoms with van der Waals surface area (Å²) in [6.07, 6.45) is 1.65. The van der Waals surface area contributed by atoms with Crippen molar-refractivity contribution in [3.8, 4) is 5.75 Å². The van der Waals surface area contributed by atoms with Crippen LogP contribution < -0.4 is 10.1 Å². The number of hydrogen-bond donors (Lipinski definition) is 1. The van der Waals surface area contributed by atoms with Gasteiger partial charge in [0.15, 0.2) is 0 Å². The van der Waals surface area contributed by atoms with Crippen LogP contribution in [0.15, 0.2) is 53.0 Å². The number of hydrogen-bond acceptors (Lipinski definition) is 4. The molecule has 1 N–H and O–H groups in total. The van der Waals surface area contributed by atoms with Crippen LogP contribution in [0.1, 0.15) is 44.7 Å².